The molecule has 2 aromatic carbocycles. The van der Waals surface area contributed by atoms with E-state index < -0.39 is 11.4 Å². The Morgan fingerprint density at radius 1 is 1.16 bits per heavy atom. The molecule has 4 rings (SSSR count). The maximum Gasteiger partial charge on any atom is 0.231 e. The molecule has 0 aliphatic heterocycles. The fourth-order valence-corrected chi connectivity index (χ4v) is 3.52. The highest BCUT2D eigenvalue weighted by molar-refractivity contribution is 6.33. The number of aliphatic hydroxyl groups is 1. The monoisotopic (exact) mass is 431 g/mol. The number of pyridine rings is 1. The molecule has 3 N–H and O–H groups in total. The number of aromatic nitrogens is 1. The van der Waals surface area contributed by atoms with Crippen molar-refractivity contribution in [2.24, 2.45) is 0 Å². The third kappa shape index (κ3) is 3.66. The number of Topliss-reactive ketones (excluding diaryl/α,β-unsaturated/α-hetero) is 1. The first-order valence-corrected chi connectivity index (χ1v) is 9.84. The molecule has 154 valence electrons. The van der Waals surface area contributed by atoms with Crippen molar-refractivity contribution in [3.63, 3.8) is 0 Å². The van der Waals surface area contributed by atoms with Crippen molar-refractivity contribution in [1.29, 1.82) is 5.26 Å². The molecule has 0 spiro atoms. The SMILES string of the molecule is CC(C)(O)C(=O)c1oc2nc(-c3ccccc3Cl)c(-c3ccc(C#N)cc3)cc2c1N. The number of carbonyl (C=O) groups excluding carboxylic acids is 1. The summed E-state index contributed by atoms with van der Waals surface area (Å²) < 4.78 is 5.68. The van der Waals surface area contributed by atoms with Gasteiger partial charge in [-0.05, 0) is 43.7 Å². The number of hydrogen-bond donors (Lipinski definition) is 2. The van der Waals surface area contributed by atoms with Crippen LogP contribution in [0.1, 0.15) is 30.0 Å². The molecule has 0 unspecified atom stereocenters. The predicted molar refractivity (Wildman–Crippen MR) is 120 cm³/mol. The van der Waals surface area contributed by atoms with E-state index in [1.807, 2.05) is 18.2 Å². The summed E-state index contributed by atoms with van der Waals surface area (Å²) in [7, 11) is 0. The Morgan fingerprint density at radius 3 is 2.45 bits per heavy atom. The Balaban J connectivity index is 2.02. The lowest BCUT2D eigenvalue weighted by atomic mass is 9.96. The fraction of sp³-hybridized carbons (Fsp3) is 0.125. The van der Waals surface area contributed by atoms with Gasteiger partial charge in [0.05, 0.1) is 28.4 Å². The number of benzene rings is 2. The third-order valence-electron chi connectivity index (χ3n) is 4.94. The zero-order valence-electron chi connectivity index (χ0n) is 16.8. The van der Waals surface area contributed by atoms with Gasteiger partial charge in [-0.2, -0.15) is 5.26 Å². The molecular weight excluding hydrogens is 414 g/mol. The molecule has 0 saturated heterocycles. The molecule has 0 saturated carbocycles. The van der Waals surface area contributed by atoms with Gasteiger partial charge in [-0.15, -0.1) is 0 Å². The van der Waals surface area contributed by atoms with E-state index in [0.29, 0.717) is 32.8 Å². The molecule has 2 heterocycles. The van der Waals surface area contributed by atoms with E-state index in [2.05, 4.69) is 11.1 Å². The summed E-state index contributed by atoms with van der Waals surface area (Å²) in [5, 5.41) is 20.2. The first-order valence-electron chi connectivity index (χ1n) is 9.46. The molecule has 0 amide bonds. The van der Waals surface area contributed by atoms with Crippen molar-refractivity contribution in [2.45, 2.75) is 19.4 Å². The predicted octanol–water partition coefficient (Wildman–Crippen LogP) is 5.22. The zero-order valence-corrected chi connectivity index (χ0v) is 17.6. The normalized spacial score (nSPS) is 11.5. The van der Waals surface area contributed by atoms with Crippen LogP contribution in [-0.4, -0.2) is 21.5 Å². The number of nitrogens with two attached hydrogens (primary N) is 1. The summed E-state index contributed by atoms with van der Waals surface area (Å²) in [5.41, 5.74) is 8.08. The highest BCUT2D eigenvalue weighted by Crippen LogP contribution is 2.40. The summed E-state index contributed by atoms with van der Waals surface area (Å²) >= 11 is 6.44. The van der Waals surface area contributed by atoms with Crippen molar-refractivity contribution < 1.29 is 14.3 Å². The van der Waals surface area contributed by atoms with Crippen LogP contribution in [0.4, 0.5) is 5.69 Å². The molecule has 0 aliphatic rings. The van der Waals surface area contributed by atoms with E-state index >= 15 is 0 Å². The van der Waals surface area contributed by atoms with Crippen LogP contribution < -0.4 is 5.73 Å². The molecular formula is C24H18ClN3O3. The standard InChI is InChI=1S/C24H18ClN3O3/c1-24(2,30)22(29)21-19(27)17-11-16(14-9-7-13(12-26)8-10-14)20(28-23(17)31-21)15-5-3-4-6-18(15)25/h3-11,30H,27H2,1-2H3. The largest absolute Gasteiger partial charge is 0.432 e. The minimum absolute atomic E-state index is 0.107. The van der Waals surface area contributed by atoms with Crippen molar-refractivity contribution in [3.8, 4) is 28.5 Å². The number of anilines is 1. The van der Waals surface area contributed by atoms with Gasteiger partial charge in [-0.3, -0.25) is 4.79 Å². The zero-order chi connectivity index (χ0) is 22.3. The molecule has 6 nitrogen and oxygen atoms in total. The Bertz CT molecular complexity index is 1360. The molecule has 4 aromatic rings. The van der Waals surface area contributed by atoms with Crippen molar-refractivity contribution in [3.05, 3.63) is 70.9 Å². The highest BCUT2D eigenvalue weighted by atomic mass is 35.5. The number of nitrogens with zero attached hydrogens (tertiary/aromatic N) is 2. The van der Waals surface area contributed by atoms with Crippen LogP contribution >= 0.6 is 11.6 Å². The number of nitrogen functional groups attached to an aromatic ring is 1. The van der Waals surface area contributed by atoms with Crippen LogP contribution in [0.5, 0.6) is 0 Å². The van der Waals surface area contributed by atoms with Gasteiger partial charge in [0.25, 0.3) is 0 Å². The number of hydrogen-bond acceptors (Lipinski definition) is 6. The Morgan fingerprint density at radius 2 is 1.84 bits per heavy atom. The van der Waals surface area contributed by atoms with Crippen LogP contribution in [0.25, 0.3) is 33.5 Å². The van der Waals surface area contributed by atoms with Crippen LogP contribution in [0.3, 0.4) is 0 Å². The van der Waals surface area contributed by atoms with Gasteiger partial charge in [0, 0.05) is 16.1 Å². The van der Waals surface area contributed by atoms with E-state index in [1.165, 1.54) is 13.8 Å². The Labute approximate surface area is 183 Å². The highest BCUT2D eigenvalue weighted by Gasteiger charge is 2.32. The van der Waals surface area contributed by atoms with Crippen molar-refractivity contribution in [1.82, 2.24) is 4.98 Å². The third-order valence-corrected chi connectivity index (χ3v) is 5.27. The Kier molecular flexibility index (Phi) is 5.02. The number of carbonyl (C=O) groups is 1. The molecule has 31 heavy (non-hydrogen) atoms. The summed E-state index contributed by atoms with van der Waals surface area (Å²) in [6, 6.07) is 18.1. The number of halogens is 1. The number of rotatable bonds is 4. The molecule has 0 atom stereocenters. The minimum atomic E-state index is -1.65. The molecule has 7 heteroatoms. The van der Waals surface area contributed by atoms with Gasteiger partial charge in [-0.25, -0.2) is 4.98 Å². The average molecular weight is 432 g/mol. The lowest BCUT2D eigenvalue weighted by Gasteiger charge is -2.13. The van der Waals surface area contributed by atoms with Gasteiger partial charge in [0.15, 0.2) is 5.76 Å². The molecule has 0 bridgehead atoms. The number of ketones is 1. The maximum atomic E-state index is 12.6. The Hall–Kier alpha value is -3.66. The van der Waals surface area contributed by atoms with Crippen molar-refractivity contribution in [2.75, 3.05) is 5.73 Å². The van der Waals surface area contributed by atoms with Gasteiger partial charge >= 0.3 is 0 Å². The summed E-state index contributed by atoms with van der Waals surface area (Å²) in [6.07, 6.45) is 0. The van der Waals surface area contributed by atoms with Crippen LogP contribution in [0.2, 0.25) is 5.02 Å². The van der Waals surface area contributed by atoms with E-state index in [0.717, 1.165) is 5.56 Å². The average Bonchev–Trinajstić information content (AvgIpc) is 3.07. The summed E-state index contributed by atoms with van der Waals surface area (Å²) in [5.74, 6) is -0.778. The van der Waals surface area contributed by atoms with E-state index in [4.69, 9.17) is 27.0 Å². The minimum Gasteiger partial charge on any atom is -0.432 e. The number of fused-ring (bicyclic) bond motifs is 1. The quantitative estimate of drug-likeness (QED) is 0.428. The summed E-state index contributed by atoms with van der Waals surface area (Å²) in [4.78, 5) is 17.2. The lowest BCUT2D eigenvalue weighted by Crippen LogP contribution is -2.31. The van der Waals surface area contributed by atoms with E-state index in [1.54, 1.807) is 36.4 Å². The number of nitriles is 1. The topological polar surface area (TPSA) is 113 Å². The second-order valence-electron chi connectivity index (χ2n) is 7.64. The smallest absolute Gasteiger partial charge is 0.231 e. The second kappa shape index (κ2) is 7.55. The first-order chi connectivity index (χ1) is 14.7. The molecule has 0 fully saturated rings. The lowest BCUT2D eigenvalue weighted by molar-refractivity contribution is 0.0462. The first kappa shape index (κ1) is 20.6. The fourth-order valence-electron chi connectivity index (χ4n) is 3.29. The van der Waals surface area contributed by atoms with Gasteiger partial charge in [-0.1, -0.05) is 41.9 Å². The van der Waals surface area contributed by atoms with Crippen LogP contribution in [0, 0.1) is 11.3 Å². The van der Waals surface area contributed by atoms with Crippen LogP contribution in [0.15, 0.2) is 59.0 Å². The molecule has 2 aromatic heterocycles. The van der Waals surface area contributed by atoms with Gasteiger partial charge in [0.2, 0.25) is 11.5 Å². The van der Waals surface area contributed by atoms with Gasteiger partial charge < -0.3 is 15.3 Å². The maximum absolute atomic E-state index is 12.6. The van der Waals surface area contributed by atoms with E-state index in [-0.39, 0.29) is 17.2 Å². The summed E-state index contributed by atoms with van der Waals surface area (Å²) in [6.45, 7) is 2.74. The van der Waals surface area contributed by atoms with Crippen molar-refractivity contribution >= 4 is 34.2 Å². The second-order valence-corrected chi connectivity index (χ2v) is 8.05. The molecule has 0 aliphatic carbocycles. The number of furan rings is 1. The van der Waals surface area contributed by atoms with Gasteiger partial charge in [0.1, 0.15) is 5.60 Å². The van der Waals surface area contributed by atoms with E-state index in [9.17, 15) is 9.90 Å². The molecule has 0 radical (unpaired) electrons. The van der Waals surface area contributed by atoms with Crippen LogP contribution in [-0.2, 0) is 0 Å².